The number of benzene rings is 5. The molecule has 0 spiro atoms. The number of carboxylic acid groups (broad SMARTS) is 1. The quantitative estimate of drug-likeness (QED) is 0.170. The lowest BCUT2D eigenvalue weighted by Gasteiger charge is -2.19. The topological polar surface area (TPSA) is 95.1 Å². The van der Waals surface area contributed by atoms with E-state index in [-0.39, 0.29) is 23.1 Å². The zero-order valence-corrected chi connectivity index (χ0v) is 23.7. The maximum atomic E-state index is 13.3. The first-order valence-corrected chi connectivity index (χ1v) is 14.2. The highest BCUT2D eigenvalue weighted by atomic mass is 35.5. The smallest absolute Gasteiger partial charge is 0.336 e. The maximum absolute atomic E-state index is 13.3. The Morgan fingerprint density at radius 2 is 1.57 bits per heavy atom. The highest BCUT2D eigenvalue weighted by Crippen LogP contribution is 2.37. The Balaban J connectivity index is 1.40. The van der Waals surface area contributed by atoms with Crippen LogP contribution in [-0.2, 0) is 0 Å². The molecule has 0 unspecified atom stereocenters. The van der Waals surface area contributed by atoms with E-state index in [2.05, 4.69) is 17.2 Å². The average molecular weight is 574 g/mol. The summed E-state index contributed by atoms with van der Waals surface area (Å²) in [4.78, 5) is 34.1. The summed E-state index contributed by atoms with van der Waals surface area (Å²) in [6.07, 6.45) is 1.65. The molecule has 1 atom stereocenters. The lowest BCUT2D eigenvalue weighted by Crippen LogP contribution is -2.28. The normalized spacial score (nSPS) is 12.0. The van der Waals surface area contributed by atoms with E-state index >= 15 is 0 Å². The number of imidazole rings is 1. The van der Waals surface area contributed by atoms with Crippen LogP contribution in [-0.4, -0.2) is 27.0 Å². The van der Waals surface area contributed by atoms with Gasteiger partial charge in [0.15, 0.2) is 0 Å². The van der Waals surface area contributed by atoms with Gasteiger partial charge in [-0.25, -0.2) is 9.78 Å². The lowest BCUT2D eigenvalue weighted by atomic mass is 9.93. The number of halogens is 1. The Morgan fingerprint density at radius 3 is 2.31 bits per heavy atom. The summed E-state index contributed by atoms with van der Waals surface area (Å²) in [5.41, 5.74) is 4.69. The number of carboxylic acids is 1. The van der Waals surface area contributed by atoms with Crippen LogP contribution in [0.1, 0.15) is 52.1 Å². The Labute approximate surface area is 248 Å². The number of aromatic carboxylic acids is 1. The molecule has 0 saturated heterocycles. The SMILES string of the molecule is CCC[C@@H](NC(=O)c1ccc(-c2cc(Cl)ccc2-c2nc3cc4ccccc4cc3[nH]2)c(C(=O)O)c1)c1ccccc1. The molecular formula is C35H28ClN3O3. The van der Waals surface area contributed by atoms with Gasteiger partial charge in [0.05, 0.1) is 22.6 Å². The molecule has 6 nitrogen and oxygen atoms in total. The van der Waals surface area contributed by atoms with Crippen molar-refractivity contribution in [3.05, 3.63) is 125 Å². The molecule has 0 bridgehead atoms. The van der Waals surface area contributed by atoms with Gasteiger partial charge in [0, 0.05) is 16.1 Å². The zero-order chi connectivity index (χ0) is 29.2. The standard InChI is InChI=1S/C35H28ClN3O3/c1-2-8-30(21-9-4-3-5-10-21)39-34(40)24-13-15-26(29(17-24)35(41)42)28-20-25(36)14-16-27(28)33-37-31-18-22-11-6-7-12-23(22)19-32(31)38-33/h3-7,9-20,30H,2,8H2,1H3,(H,37,38)(H,39,40)(H,41,42)/t30-/m1/s1. The van der Waals surface area contributed by atoms with Gasteiger partial charge < -0.3 is 15.4 Å². The Bertz CT molecular complexity index is 1900. The number of hydrogen-bond acceptors (Lipinski definition) is 3. The largest absolute Gasteiger partial charge is 0.478 e. The molecule has 3 N–H and O–H groups in total. The van der Waals surface area contributed by atoms with Gasteiger partial charge in [0.1, 0.15) is 5.82 Å². The number of hydrogen-bond donors (Lipinski definition) is 3. The molecule has 0 saturated carbocycles. The van der Waals surface area contributed by atoms with E-state index < -0.39 is 5.97 Å². The second kappa shape index (κ2) is 11.5. The molecular weight excluding hydrogens is 546 g/mol. The number of fused-ring (bicyclic) bond motifs is 2. The predicted octanol–water partition coefficient (Wildman–Crippen LogP) is 8.67. The Hall–Kier alpha value is -4.94. The van der Waals surface area contributed by atoms with Crippen molar-refractivity contribution in [1.29, 1.82) is 0 Å². The van der Waals surface area contributed by atoms with Gasteiger partial charge in [0.25, 0.3) is 5.91 Å². The fourth-order valence-corrected chi connectivity index (χ4v) is 5.58. The number of nitrogens with zero attached hydrogens (tertiary/aromatic N) is 1. The number of H-pyrrole nitrogens is 1. The number of carbonyl (C=O) groups is 2. The van der Waals surface area contributed by atoms with Crippen LogP contribution in [0.4, 0.5) is 0 Å². The van der Waals surface area contributed by atoms with Gasteiger partial charge in [-0.3, -0.25) is 4.79 Å². The molecule has 0 aliphatic carbocycles. The van der Waals surface area contributed by atoms with Crippen LogP contribution in [0.15, 0.2) is 103 Å². The van der Waals surface area contributed by atoms with Crippen LogP contribution in [0.25, 0.3) is 44.3 Å². The van der Waals surface area contributed by atoms with Crippen LogP contribution in [0.5, 0.6) is 0 Å². The van der Waals surface area contributed by atoms with E-state index in [1.807, 2.05) is 72.8 Å². The van der Waals surface area contributed by atoms with E-state index in [0.717, 1.165) is 40.2 Å². The fourth-order valence-electron chi connectivity index (χ4n) is 5.41. The fraction of sp³-hybridized carbons (Fsp3) is 0.114. The first kappa shape index (κ1) is 27.2. The third-order valence-electron chi connectivity index (χ3n) is 7.47. The zero-order valence-electron chi connectivity index (χ0n) is 22.9. The molecule has 0 aliphatic heterocycles. The highest BCUT2D eigenvalue weighted by Gasteiger charge is 2.21. The van der Waals surface area contributed by atoms with Crippen molar-refractivity contribution in [2.45, 2.75) is 25.8 Å². The number of amides is 1. The number of aromatic amines is 1. The number of rotatable bonds is 8. The van der Waals surface area contributed by atoms with Crippen LogP contribution in [0.3, 0.4) is 0 Å². The molecule has 1 aromatic heterocycles. The van der Waals surface area contributed by atoms with Gasteiger partial charge in [-0.2, -0.15) is 0 Å². The van der Waals surface area contributed by atoms with Crippen molar-refractivity contribution in [1.82, 2.24) is 15.3 Å². The van der Waals surface area contributed by atoms with E-state index in [4.69, 9.17) is 16.6 Å². The van der Waals surface area contributed by atoms with Crippen LogP contribution >= 0.6 is 11.6 Å². The van der Waals surface area contributed by atoms with Crippen LogP contribution in [0, 0.1) is 0 Å². The maximum Gasteiger partial charge on any atom is 0.336 e. The summed E-state index contributed by atoms with van der Waals surface area (Å²) in [5.74, 6) is -0.882. The molecule has 6 rings (SSSR count). The van der Waals surface area contributed by atoms with E-state index in [1.165, 1.54) is 6.07 Å². The van der Waals surface area contributed by atoms with Crippen molar-refractivity contribution >= 4 is 45.3 Å². The molecule has 0 aliphatic rings. The lowest BCUT2D eigenvalue weighted by molar-refractivity contribution is 0.0697. The minimum Gasteiger partial charge on any atom is -0.478 e. The Kier molecular flexibility index (Phi) is 7.46. The van der Waals surface area contributed by atoms with Gasteiger partial charge >= 0.3 is 5.97 Å². The van der Waals surface area contributed by atoms with Gasteiger partial charge in [-0.15, -0.1) is 0 Å². The van der Waals surface area contributed by atoms with Crippen molar-refractivity contribution in [3.63, 3.8) is 0 Å². The first-order valence-electron chi connectivity index (χ1n) is 13.8. The summed E-state index contributed by atoms with van der Waals surface area (Å²) in [7, 11) is 0. The third-order valence-corrected chi connectivity index (χ3v) is 7.71. The molecule has 1 heterocycles. The van der Waals surface area contributed by atoms with Gasteiger partial charge in [-0.1, -0.05) is 85.6 Å². The van der Waals surface area contributed by atoms with Crippen molar-refractivity contribution < 1.29 is 14.7 Å². The van der Waals surface area contributed by atoms with E-state index in [0.29, 0.717) is 27.5 Å². The summed E-state index contributed by atoms with van der Waals surface area (Å²) in [5, 5.41) is 16.0. The Morgan fingerprint density at radius 1 is 0.857 bits per heavy atom. The molecule has 5 aromatic carbocycles. The van der Waals surface area contributed by atoms with Gasteiger partial charge in [-0.05, 0) is 76.3 Å². The molecule has 208 valence electrons. The summed E-state index contributed by atoms with van der Waals surface area (Å²) in [6.45, 7) is 2.06. The molecule has 42 heavy (non-hydrogen) atoms. The summed E-state index contributed by atoms with van der Waals surface area (Å²) < 4.78 is 0. The van der Waals surface area contributed by atoms with Crippen LogP contribution < -0.4 is 5.32 Å². The minimum absolute atomic E-state index is 0.000214. The molecule has 7 heteroatoms. The van der Waals surface area contributed by atoms with E-state index in [9.17, 15) is 14.7 Å². The summed E-state index contributed by atoms with van der Waals surface area (Å²) in [6, 6.07) is 31.8. The molecule has 0 fully saturated rings. The minimum atomic E-state index is -1.14. The first-order chi connectivity index (χ1) is 20.4. The number of carbonyl (C=O) groups excluding carboxylic acids is 1. The monoisotopic (exact) mass is 573 g/mol. The van der Waals surface area contributed by atoms with E-state index in [1.54, 1.807) is 24.3 Å². The summed E-state index contributed by atoms with van der Waals surface area (Å²) >= 11 is 6.42. The molecule has 1 amide bonds. The predicted molar refractivity (Wildman–Crippen MR) is 168 cm³/mol. The van der Waals surface area contributed by atoms with Crippen molar-refractivity contribution in [2.75, 3.05) is 0 Å². The highest BCUT2D eigenvalue weighted by molar-refractivity contribution is 6.31. The number of aromatic nitrogens is 2. The molecule has 0 radical (unpaired) electrons. The average Bonchev–Trinajstić information content (AvgIpc) is 3.42. The second-order valence-corrected chi connectivity index (χ2v) is 10.7. The molecule has 6 aromatic rings. The van der Waals surface area contributed by atoms with Gasteiger partial charge in [0.2, 0.25) is 0 Å². The van der Waals surface area contributed by atoms with Crippen molar-refractivity contribution in [3.8, 4) is 22.5 Å². The van der Waals surface area contributed by atoms with Crippen LogP contribution in [0.2, 0.25) is 5.02 Å². The third kappa shape index (κ3) is 5.37. The number of nitrogens with one attached hydrogen (secondary N) is 2. The second-order valence-electron chi connectivity index (χ2n) is 10.3. The van der Waals surface area contributed by atoms with Crippen molar-refractivity contribution in [2.24, 2.45) is 0 Å².